The van der Waals surface area contributed by atoms with Crippen molar-refractivity contribution in [1.29, 1.82) is 0 Å². The van der Waals surface area contributed by atoms with Crippen molar-refractivity contribution in [3.05, 3.63) is 53.1 Å². The van der Waals surface area contributed by atoms with Crippen LogP contribution in [0.4, 0.5) is 5.69 Å². The normalized spacial score (nSPS) is 11.2. The minimum absolute atomic E-state index is 0.108. The molecule has 128 valence electrons. The molecule has 24 heavy (non-hydrogen) atoms. The fraction of sp³-hybridized carbons (Fsp3) is 0.188. The molecule has 0 atom stereocenters. The third-order valence-electron chi connectivity index (χ3n) is 3.44. The average Bonchev–Trinajstić information content (AvgIpc) is 2.60. The van der Waals surface area contributed by atoms with Gasteiger partial charge in [-0.05, 0) is 48.7 Å². The first-order valence-electron chi connectivity index (χ1n) is 6.82. The number of carbonyl (C=O) groups is 1. The minimum atomic E-state index is -3.75. The van der Waals surface area contributed by atoms with Crippen LogP contribution in [0.5, 0.6) is 0 Å². The lowest BCUT2D eigenvalue weighted by molar-refractivity contribution is 0.0601. The van der Waals surface area contributed by atoms with E-state index in [1.165, 1.54) is 44.1 Å². The van der Waals surface area contributed by atoms with Gasteiger partial charge in [0.1, 0.15) is 0 Å². The van der Waals surface area contributed by atoms with Gasteiger partial charge in [0.25, 0.3) is 10.0 Å². The maximum absolute atomic E-state index is 12.7. The molecule has 0 bridgehead atoms. The molecule has 5 nitrogen and oxygen atoms in total. The van der Waals surface area contributed by atoms with Crippen LogP contribution in [0.15, 0.2) is 52.3 Å². The molecule has 0 saturated carbocycles. The molecule has 0 radical (unpaired) electrons. The smallest absolute Gasteiger partial charge is 0.339 e. The topological polar surface area (TPSA) is 63.7 Å². The molecule has 0 aliphatic heterocycles. The summed E-state index contributed by atoms with van der Waals surface area (Å²) in [7, 11) is -1.10. The third-order valence-corrected chi connectivity index (χ3v) is 6.31. The Bertz CT molecular complexity index is 851. The van der Waals surface area contributed by atoms with Crippen LogP contribution in [0.2, 0.25) is 5.02 Å². The molecule has 0 N–H and O–H groups in total. The van der Waals surface area contributed by atoms with E-state index >= 15 is 0 Å². The first kappa shape index (κ1) is 18.6. The maximum atomic E-state index is 12.7. The molecule has 2 aromatic carbocycles. The Morgan fingerprint density at radius 1 is 1.17 bits per heavy atom. The summed E-state index contributed by atoms with van der Waals surface area (Å²) < 4.78 is 31.2. The SMILES string of the molecule is COC(=O)c1cc(N(C)S(=O)(=O)c2ccc(SC)cc2)ccc1Cl. The van der Waals surface area contributed by atoms with E-state index in [9.17, 15) is 13.2 Å². The monoisotopic (exact) mass is 385 g/mol. The van der Waals surface area contributed by atoms with Crippen LogP contribution in [0.25, 0.3) is 0 Å². The quantitative estimate of drug-likeness (QED) is 0.580. The van der Waals surface area contributed by atoms with Gasteiger partial charge in [-0.2, -0.15) is 0 Å². The molecule has 8 heteroatoms. The molecule has 0 amide bonds. The number of anilines is 1. The van der Waals surface area contributed by atoms with Crippen molar-refractivity contribution in [3.8, 4) is 0 Å². The van der Waals surface area contributed by atoms with Gasteiger partial charge in [-0.15, -0.1) is 11.8 Å². The number of carbonyl (C=O) groups excluding carboxylic acids is 1. The van der Waals surface area contributed by atoms with Crippen molar-refractivity contribution in [2.45, 2.75) is 9.79 Å². The van der Waals surface area contributed by atoms with Crippen LogP contribution in [-0.2, 0) is 14.8 Å². The van der Waals surface area contributed by atoms with Crippen molar-refractivity contribution < 1.29 is 17.9 Å². The van der Waals surface area contributed by atoms with Crippen LogP contribution in [-0.4, -0.2) is 34.8 Å². The standard InChI is InChI=1S/C16H16ClNO4S2/c1-18(11-4-9-15(17)14(10-11)16(19)22-2)24(20,21)13-7-5-12(23-3)6-8-13/h4-10H,1-3H3. The minimum Gasteiger partial charge on any atom is -0.465 e. The molecular weight excluding hydrogens is 370 g/mol. The van der Waals surface area contributed by atoms with Gasteiger partial charge in [0.15, 0.2) is 0 Å². The fourth-order valence-electron chi connectivity index (χ4n) is 2.02. The summed E-state index contributed by atoms with van der Waals surface area (Å²) in [6.07, 6.45) is 1.91. The van der Waals surface area contributed by atoms with E-state index in [0.717, 1.165) is 9.20 Å². The van der Waals surface area contributed by atoms with Crippen LogP contribution < -0.4 is 4.31 Å². The Kier molecular flexibility index (Phi) is 5.79. The third kappa shape index (κ3) is 3.68. The fourth-order valence-corrected chi connectivity index (χ4v) is 3.81. The van der Waals surface area contributed by atoms with Crippen molar-refractivity contribution in [1.82, 2.24) is 0 Å². The van der Waals surface area contributed by atoms with Crippen LogP contribution in [0.1, 0.15) is 10.4 Å². The molecule has 0 saturated heterocycles. The van der Waals surface area contributed by atoms with Gasteiger partial charge in [0, 0.05) is 11.9 Å². The van der Waals surface area contributed by atoms with E-state index in [1.807, 2.05) is 6.26 Å². The second-order valence-corrected chi connectivity index (χ2v) is 8.06. The first-order chi connectivity index (χ1) is 11.3. The summed E-state index contributed by atoms with van der Waals surface area (Å²) in [6.45, 7) is 0. The summed E-state index contributed by atoms with van der Waals surface area (Å²) in [5, 5.41) is 0.195. The Balaban J connectivity index is 2.42. The second kappa shape index (κ2) is 7.46. The zero-order valence-corrected chi connectivity index (χ0v) is 15.7. The highest BCUT2D eigenvalue weighted by Gasteiger charge is 2.23. The van der Waals surface area contributed by atoms with E-state index in [2.05, 4.69) is 4.74 Å². The van der Waals surface area contributed by atoms with Gasteiger partial charge < -0.3 is 4.74 Å². The number of methoxy groups -OCH3 is 1. The highest BCUT2D eigenvalue weighted by atomic mass is 35.5. The van der Waals surface area contributed by atoms with E-state index in [1.54, 1.807) is 24.3 Å². The van der Waals surface area contributed by atoms with Gasteiger partial charge in [0.2, 0.25) is 0 Å². The van der Waals surface area contributed by atoms with Gasteiger partial charge in [-0.1, -0.05) is 11.6 Å². The number of nitrogens with zero attached hydrogens (tertiary/aromatic N) is 1. The number of ether oxygens (including phenoxy) is 1. The first-order valence-corrected chi connectivity index (χ1v) is 9.86. The number of esters is 1. The lowest BCUT2D eigenvalue weighted by atomic mass is 10.2. The predicted molar refractivity (Wildman–Crippen MR) is 96.6 cm³/mol. The highest BCUT2D eigenvalue weighted by Crippen LogP contribution is 2.28. The van der Waals surface area contributed by atoms with Gasteiger partial charge in [-0.25, -0.2) is 13.2 Å². The molecule has 0 aliphatic rings. The number of halogens is 1. The molecule has 0 spiro atoms. The van der Waals surface area contributed by atoms with Crippen molar-refractivity contribution in [3.63, 3.8) is 0 Å². The van der Waals surface area contributed by atoms with E-state index in [4.69, 9.17) is 11.6 Å². The number of rotatable bonds is 5. The van der Waals surface area contributed by atoms with Gasteiger partial charge in [0.05, 0.1) is 28.3 Å². The van der Waals surface area contributed by atoms with Crippen LogP contribution >= 0.6 is 23.4 Å². The molecule has 2 aromatic rings. The summed E-state index contributed by atoms with van der Waals surface area (Å²) in [5.41, 5.74) is 0.421. The Morgan fingerprint density at radius 2 is 1.79 bits per heavy atom. The lowest BCUT2D eigenvalue weighted by Crippen LogP contribution is -2.26. The highest BCUT2D eigenvalue weighted by molar-refractivity contribution is 7.98. The number of hydrogen-bond donors (Lipinski definition) is 0. The molecular formula is C16H16ClNO4S2. The Labute approximate surface area is 150 Å². The summed E-state index contributed by atoms with van der Waals surface area (Å²) in [5.74, 6) is -0.628. The largest absolute Gasteiger partial charge is 0.465 e. The zero-order valence-electron chi connectivity index (χ0n) is 13.3. The average molecular weight is 386 g/mol. The van der Waals surface area contributed by atoms with E-state index in [0.29, 0.717) is 5.69 Å². The Hall–Kier alpha value is -1.70. The number of hydrogen-bond acceptors (Lipinski definition) is 5. The molecule has 0 fully saturated rings. The van der Waals surface area contributed by atoms with E-state index < -0.39 is 16.0 Å². The van der Waals surface area contributed by atoms with Gasteiger partial charge >= 0.3 is 5.97 Å². The van der Waals surface area contributed by atoms with Crippen LogP contribution in [0.3, 0.4) is 0 Å². The summed E-state index contributed by atoms with van der Waals surface area (Å²) in [4.78, 5) is 12.9. The van der Waals surface area contributed by atoms with Crippen molar-refractivity contribution in [2.75, 3.05) is 24.7 Å². The van der Waals surface area contributed by atoms with Gasteiger partial charge in [-0.3, -0.25) is 4.31 Å². The number of sulfonamides is 1. The lowest BCUT2D eigenvalue weighted by Gasteiger charge is -2.20. The number of thioether (sulfide) groups is 1. The molecule has 0 aliphatic carbocycles. The maximum Gasteiger partial charge on any atom is 0.339 e. The predicted octanol–water partition coefficient (Wildman–Crippen LogP) is 3.67. The second-order valence-electron chi connectivity index (χ2n) is 4.80. The Morgan fingerprint density at radius 3 is 2.33 bits per heavy atom. The summed E-state index contributed by atoms with van der Waals surface area (Å²) in [6, 6.07) is 11.0. The zero-order chi connectivity index (χ0) is 17.9. The van der Waals surface area contributed by atoms with Crippen molar-refractivity contribution >= 4 is 45.0 Å². The molecule has 0 heterocycles. The molecule has 2 rings (SSSR count). The summed E-state index contributed by atoms with van der Waals surface area (Å²) >= 11 is 7.50. The molecule has 0 aromatic heterocycles. The molecule has 0 unspecified atom stereocenters. The van der Waals surface area contributed by atoms with Crippen molar-refractivity contribution in [2.24, 2.45) is 0 Å². The van der Waals surface area contributed by atoms with Crippen LogP contribution in [0, 0.1) is 0 Å². The number of benzene rings is 2. The van der Waals surface area contributed by atoms with E-state index in [-0.39, 0.29) is 15.5 Å².